The number of carbonyl (C=O) groups excluding carboxylic acids is 1. The molecule has 1 aliphatic rings. The summed E-state index contributed by atoms with van der Waals surface area (Å²) in [5.74, 6) is 0.0756. The minimum atomic E-state index is -0.541. The Kier molecular flexibility index (Phi) is 5.97. The summed E-state index contributed by atoms with van der Waals surface area (Å²) in [5, 5.41) is 14.0. The lowest BCUT2D eigenvalue weighted by molar-refractivity contribution is 0.110. The van der Waals surface area contributed by atoms with Crippen LogP contribution in [0.4, 0.5) is 15.0 Å². The summed E-state index contributed by atoms with van der Waals surface area (Å²) in [5.41, 5.74) is 0.678. The van der Waals surface area contributed by atoms with Crippen LogP contribution in [0.2, 0.25) is 0 Å². The van der Waals surface area contributed by atoms with Gasteiger partial charge in [-0.15, -0.1) is 0 Å². The first-order valence-electron chi connectivity index (χ1n) is 10.7. The molecule has 1 aliphatic heterocycles. The number of para-hydroxylation sites is 1. The summed E-state index contributed by atoms with van der Waals surface area (Å²) in [7, 11) is 0. The van der Waals surface area contributed by atoms with Gasteiger partial charge >= 0.3 is 6.09 Å². The van der Waals surface area contributed by atoms with Gasteiger partial charge in [0.1, 0.15) is 17.4 Å². The lowest BCUT2D eigenvalue weighted by Crippen LogP contribution is -2.43. The molecule has 1 aromatic heterocycles. The van der Waals surface area contributed by atoms with Crippen LogP contribution in [0.3, 0.4) is 0 Å². The van der Waals surface area contributed by atoms with Crippen molar-refractivity contribution in [1.29, 1.82) is 0 Å². The molecule has 1 amide bonds. The lowest BCUT2D eigenvalue weighted by atomic mass is 9.99. The molecule has 168 valence electrons. The second-order valence-electron chi connectivity index (χ2n) is 9.18. The Morgan fingerprint density at radius 1 is 1.25 bits per heavy atom. The molecule has 7 nitrogen and oxygen atoms in total. The zero-order valence-corrected chi connectivity index (χ0v) is 18.4. The summed E-state index contributed by atoms with van der Waals surface area (Å²) in [4.78, 5) is 24.0. The predicted molar refractivity (Wildman–Crippen MR) is 121 cm³/mol. The van der Waals surface area contributed by atoms with Crippen LogP contribution in [0, 0.1) is 11.2 Å². The van der Waals surface area contributed by atoms with Gasteiger partial charge in [-0.3, -0.25) is 4.90 Å². The molecule has 0 spiro atoms. The Morgan fingerprint density at radius 2 is 2.03 bits per heavy atom. The Morgan fingerprint density at radius 3 is 2.72 bits per heavy atom. The van der Waals surface area contributed by atoms with E-state index in [4.69, 9.17) is 4.74 Å². The van der Waals surface area contributed by atoms with Crippen molar-refractivity contribution in [1.82, 2.24) is 15.3 Å². The summed E-state index contributed by atoms with van der Waals surface area (Å²) in [6.45, 7) is 7.48. The number of amides is 1. The smallest absolute Gasteiger partial charge is 0.415 e. The van der Waals surface area contributed by atoms with Gasteiger partial charge in [-0.2, -0.15) is 0 Å². The minimum absolute atomic E-state index is 0.0179. The van der Waals surface area contributed by atoms with Crippen molar-refractivity contribution in [3.63, 3.8) is 0 Å². The van der Waals surface area contributed by atoms with E-state index in [1.165, 1.54) is 17.0 Å². The summed E-state index contributed by atoms with van der Waals surface area (Å²) in [6.07, 6.45) is 0.165. The van der Waals surface area contributed by atoms with Crippen LogP contribution >= 0.6 is 0 Å². The number of hydrogen-bond donors (Lipinski definition) is 2. The predicted octanol–water partition coefficient (Wildman–Crippen LogP) is 4.49. The highest BCUT2D eigenvalue weighted by atomic mass is 19.1. The Labute approximate surface area is 186 Å². The molecule has 3 aromatic rings. The number of aromatic hydroxyl groups is 1. The van der Waals surface area contributed by atoms with E-state index in [1.807, 2.05) is 20.8 Å². The Balaban J connectivity index is 1.88. The van der Waals surface area contributed by atoms with Crippen LogP contribution in [0.15, 0.2) is 42.5 Å². The van der Waals surface area contributed by atoms with Gasteiger partial charge in [0.25, 0.3) is 0 Å². The number of carbonyl (C=O) groups is 1. The first-order chi connectivity index (χ1) is 15.2. The van der Waals surface area contributed by atoms with Gasteiger partial charge in [-0.25, -0.2) is 19.2 Å². The maximum atomic E-state index is 14.2. The normalized spacial score (nSPS) is 16.3. The lowest BCUT2D eigenvalue weighted by Gasteiger charge is -2.29. The van der Waals surface area contributed by atoms with Crippen LogP contribution in [0.5, 0.6) is 5.75 Å². The molecular weight excluding hydrogens is 411 g/mol. The molecule has 1 atom stereocenters. The molecule has 2 aromatic carbocycles. The molecule has 0 bridgehead atoms. The number of phenols is 1. The van der Waals surface area contributed by atoms with E-state index in [9.17, 15) is 14.3 Å². The molecule has 0 aliphatic carbocycles. The molecule has 1 saturated heterocycles. The SMILES string of the molecule is CC(C)(C)COC(=O)N(c1nc(-c2ccccc2O)nc2ccc(F)cc12)[C@@H]1CCNC1. The second kappa shape index (κ2) is 8.70. The van der Waals surface area contributed by atoms with Crippen molar-refractivity contribution in [2.75, 3.05) is 24.6 Å². The quantitative estimate of drug-likeness (QED) is 0.624. The summed E-state index contributed by atoms with van der Waals surface area (Å²) < 4.78 is 19.8. The van der Waals surface area contributed by atoms with Crippen molar-refractivity contribution in [3.8, 4) is 17.1 Å². The van der Waals surface area contributed by atoms with Gasteiger partial charge in [0.05, 0.1) is 23.7 Å². The first kappa shape index (κ1) is 22.0. The van der Waals surface area contributed by atoms with Crippen LogP contribution in [0.25, 0.3) is 22.3 Å². The molecular formula is C24H27FN4O3. The van der Waals surface area contributed by atoms with E-state index in [-0.39, 0.29) is 35.5 Å². The zero-order valence-electron chi connectivity index (χ0n) is 18.4. The van der Waals surface area contributed by atoms with Crippen molar-refractivity contribution in [3.05, 3.63) is 48.3 Å². The van der Waals surface area contributed by atoms with Gasteiger partial charge in [-0.1, -0.05) is 32.9 Å². The number of anilines is 1. The number of nitrogens with zero attached hydrogens (tertiary/aromatic N) is 3. The van der Waals surface area contributed by atoms with Crippen molar-refractivity contribution in [2.24, 2.45) is 5.41 Å². The number of halogens is 1. The number of rotatable bonds is 4. The topological polar surface area (TPSA) is 87.6 Å². The van der Waals surface area contributed by atoms with Gasteiger partial charge in [0.15, 0.2) is 5.82 Å². The van der Waals surface area contributed by atoms with E-state index < -0.39 is 11.9 Å². The first-order valence-corrected chi connectivity index (χ1v) is 10.7. The number of ether oxygens (including phenoxy) is 1. The van der Waals surface area contributed by atoms with E-state index in [0.717, 1.165) is 6.54 Å². The number of phenolic OH excluding ortho intramolecular Hbond substituents is 1. The molecule has 0 saturated carbocycles. The van der Waals surface area contributed by atoms with Gasteiger partial charge < -0.3 is 15.2 Å². The summed E-state index contributed by atoms with van der Waals surface area (Å²) >= 11 is 0. The molecule has 1 fully saturated rings. The monoisotopic (exact) mass is 438 g/mol. The van der Waals surface area contributed by atoms with Crippen molar-refractivity contribution >= 4 is 22.8 Å². The fourth-order valence-corrected chi connectivity index (χ4v) is 3.67. The Hall–Kier alpha value is -3.26. The minimum Gasteiger partial charge on any atom is -0.507 e. The largest absolute Gasteiger partial charge is 0.507 e. The number of nitrogens with one attached hydrogen (secondary N) is 1. The molecule has 2 N–H and O–H groups in total. The molecule has 4 rings (SSSR count). The molecule has 8 heteroatoms. The van der Waals surface area contributed by atoms with Gasteiger partial charge in [-0.05, 0) is 48.7 Å². The maximum Gasteiger partial charge on any atom is 0.415 e. The third-order valence-electron chi connectivity index (χ3n) is 5.24. The zero-order chi connectivity index (χ0) is 22.9. The van der Waals surface area contributed by atoms with Crippen LogP contribution in [-0.2, 0) is 4.74 Å². The van der Waals surface area contributed by atoms with Crippen molar-refractivity contribution < 1.29 is 19.0 Å². The third kappa shape index (κ3) is 4.65. The van der Waals surface area contributed by atoms with Gasteiger partial charge in [0, 0.05) is 11.9 Å². The maximum absolute atomic E-state index is 14.2. The average Bonchev–Trinajstić information content (AvgIpc) is 3.26. The van der Waals surface area contributed by atoms with E-state index >= 15 is 0 Å². The van der Waals surface area contributed by atoms with E-state index in [0.29, 0.717) is 29.4 Å². The number of benzene rings is 2. The third-order valence-corrected chi connectivity index (χ3v) is 5.24. The number of hydrogen-bond acceptors (Lipinski definition) is 6. The fourth-order valence-electron chi connectivity index (χ4n) is 3.67. The fraction of sp³-hybridized carbons (Fsp3) is 0.375. The molecule has 2 heterocycles. The van der Waals surface area contributed by atoms with Crippen LogP contribution < -0.4 is 10.2 Å². The molecule has 32 heavy (non-hydrogen) atoms. The van der Waals surface area contributed by atoms with Crippen LogP contribution in [0.1, 0.15) is 27.2 Å². The highest BCUT2D eigenvalue weighted by Crippen LogP contribution is 2.33. The molecule has 0 radical (unpaired) electrons. The Bertz CT molecular complexity index is 1140. The standard InChI is InChI=1S/C24H27FN4O3/c1-24(2,3)14-32-23(31)29(16-10-11-26-13-16)22-18-12-15(25)8-9-19(18)27-21(28-22)17-6-4-5-7-20(17)30/h4-9,12,16,26,30H,10-11,13-14H2,1-3H3/t16-/m1/s1. The number of aromatic nitrogens is 2. The highest BCUT2D eigenvalue weighted by molar-refractivity contribution is 5.99. The van der Waals surface area contributed by atoms with E-state index in [1.54, 1.807) is 30.3 Å². The van der Waals surface area contributed by atoms with Crippen molar-refractivity contribution in [2.45, 2.75) is 33.2 Å². The average molecular weight is 439 g/mol. The summed E-state index contributed by atoms with van der Waals surface area (Å²) in [6, 6.07) is 10.7. The van der Waals surface area contributed by atoms with Gasteiger partial charge in [0.2, 0.25) is 0 Å². The second-order valence-corrected chi connectivity index (χ2v) is 9.18. The number of fused-ring (bicyclic) bond motifs is 1. The molecule has 0 unspecified atom stereocenters. The van der Waals surface area contributed by atoms with E-state index in [2.05, 4.69) is 15.3 Å². The highest BCUT2D eigenvalue weighted by Gasteiger charge is 2.33. The van der Waals surface area contributed by atoms with Crippen LogP contribution in [-0.4, -0.2) is 46.9 Å².